The summed E-state index contributed by atoms with van der Waals surface area (Å²) in [5, 5.41) is 9.58. The summed E-state index contributed by atoms with van der Waals surface area (Å²) in [5.41, 5.74) is 0.255. The zero-order valence-electron chi connectivity index (χ0n) is 9.66. The fourth-order valence-electron chi connectivity index (χ4n) is 1.98. The van der Waals surface area contributed by atoms with Gasteiger partial charge in [-0.2, -0.15) is 0 Å². The molecule has 0 bridgehead atoms. The smallest absolute Gasteiger partial charge is 0.155 e. The van der Waals surface area contributed by atoms with Gasteiger partial charge in [-0.1, -0.05) is 32.9 Å². The zero-order valence-corrected chi connectivity index (χ0v) is 9.66. The Labute approximate surface area is 87.0 Å². The molecule has 3 atom stereocenters. The van der Waals surface area contributed by atoms with Gasteiger partial charge in [-0.25, -0.2) is 0 Å². The number of aliphatic hydroxyl groups excluding tert-OH is 1. The first-order chi connectivity index (χ1) is 6.43. The van der Waals surface area contributed by atoms with Gasteiger partial charge in [-0.05, 0) is 24.7 Å². The van der Waals surface area contributed by atoms with Crippen molar-refractivity contribution in [3.05, 3.63) is 12.2 Å². The molecule has 0 aromatic carbocycles. The summed E-state index contributed by atoms with van der Waals surface area (Å²) in [6.07, 6.45) is 5.30. The van der Waals surface area contributed by atoms with Crippen LogP contribution in [0.25, 0.3) is 0 Å². The van der Waals surface area contributed by atoms with E-state index in [0.29, 0.717) is 5.92 Å². The lowest BCUT2D eigenvalue weighted by atomic mass is 9.74. The summed E-state index contributed by atoms with van der Waals surface area (Å²) in [5.74, 6) is 0.535. The van der Waals surface area contributed by atoms with Crippen LogP contribution in [0.1, 0.15) is 40.5 Å². The predicted molar refractivity (Wildman–Crippen MR) is 57.9 cm³/mol. The molecule has 2 heteroatoms. The molecule has 14 heavy (non-hydrogen) atoms. The van der Waals surface area contributed by atoms with E-state index in [1.54, 1.807) is 0 Å². The van der Waals surface area contributed by atoms with Crippen molar-refractivity contribution >= 4 is 0 Å². The first kappa shape index (κ1) is 11.7. The maximum atomic E-state index is 9.58. The molecular formula is C12H22O2. The Morgan fingerprint density at radius 2 is 1.93 bits per heavy atom. The van der Waals surface area contributed by atoms with Crippen LogP contribution in [0.3, 0.4) is 0 Å². The van der Waals surface area contributed by atoms with Gasteiger partial charge in [0.05, 0.1) is 6.10 Å². The third kappa shape index (κ3) is 3.10. The van der Waals surface area contributed by atoms with Crippen molar-refractivity contribution in [1.82, 2.24) is 0 Å². The molecule has 1 N–H and O–H groups in total. The molecule has 0 aromatic rings. The Bertz CT molecular complexity index is 203. The van der Waals surface area contributed by atoms with E-state index in [1.165, 1.54) is 0 Å². The molecule has 0 aliphatic carbocycles. The van der Waals surface area contributed by atoms with Gasteiger partial charge in [0, 0.05) is 6.42 Å². The molecule has 1 aliphatic heterocycles. The molecule has 0 saturated carbocycles. The highest BCUT2D eigenvalue weighted by Crippen LogP contribution is 2.37. The summed E-state index contributed by atoms with van der Waals surface area (Å²) in [7, 11) is 0. The Hall–Kier alpha value is -0.340. The molecule has 1 saturated heterocycles. The van der Waals surface area contributed by atoms with Gasteiger partial charge in [0.1, 0.15) is 0 Å². The molecule has 1 rings (SSSR count). The van der Waals surface area contributed by atoms with Crippen molar-refractivity contribution in [3.63, 3.8) is 0 Å². The van der Waals surface area contributed by atoms with Crippen molar-refractivity contribution in [2.75, 3.05) is 0 Å². The van der Waals surface area contributed by atoms with E-state index >= 15 is 0 Å². The van der Waals surface area contributed by atoms with Gasteiger partial charge in [-0.15, -0.1) is 0 Å². The monoisotopic (exact) mass is 198 g/mol. The van der Waals surface area contributed by atoms with E-state index in [9.17, 15) is 5.11 Å². The van der Waals surface area contributed by atoms with Crippen molar-refractivity contribution in [3.8, 4) is 0 Å². The van der Waals surface area contributed by atoms with E-state index < -0.39 is 6.29 Å². The van der Waals surface area contributed by atoms with Crippen LogP contribution in [0.2, 0.25) is 0 Å². The van der Waals surface area contributed by atoms with Gasteiger partial charge in [0.15, 0.2) is 6.29 Å². The second-order valence-corrected chi connectivity index (χ2v) is 5.19. The number of aliphatic hydroxyl groups is 1. The fraction of sp³-hybridized carbons (Fsp3) is 0.833. The summed E-state index contributed by atoms with van der Waals surface area (Å²) in [4.78, 5) is 0. The predicted octanol–water partition coefficient (Wildman–Crippen LogP) is 2.72. The average Bonchev–Trinajstić information content (AvgIpc) is 2.02. The van der Waals surface area contributed by atoms with E-state index in [1.807, 2.05) is 19.1 Å². The lowest BCUT2D eigenvalue weighted by molar-refractivity contribution is -0.174. The molecule has 1 unspecified atom stereocenters. The van der Waals surface area contributed by atoms with Crippen molar-refractivity contribution in [2.24, 2.45) is 11.3 Å². The molecule has 1 fully saturated rings. The minimum absolute atomic E-state index is 0.0907. The Morgan fingerprint density at radius 3 is 2.43 bits per heavy atom. The third-order valence-electron chi connectivity index (χ3n) is 2.97. The SMILES string of the molecule is C/C=C/[C@@H]1C[C@H](C(C)(C)C)CC(O)O1. The van der Waals surface area contributed by atoms with Crippen molar-refractivity contribution < 1.29 is 9.84 Å². The van der Waals surface area contributed by atoms with Crippen LogP contribution in [0.4, 0.5) is 0 Å². The molecule has 2 nitrogen and oxygen atoms in total. The minimum atomic E-state index is -0.589. The first-order valence-corrected chi connectivity index (χ1v) is 5.40. The number of ether oxygens (including phenoxy) is 1. The van der Waals surface area contributed by atoms with Crippen LogP contribution in [0, 0.1) is 11.3 Å². The van der Waals surface area contributed by atoms with Crippen molar-refractivity contribution in [2.45, 2.75) is 52.9 Å². The maximum absolute atomic E-state index is 9.58. The van der Waals surface area contributed by atoms with Crippen LogP contribution in [-0.4, -0.2) is 17.5 Å². The van der Waals surface area contributed by atoms with Gasteiger partial charge in [0.2, 0.25) is 0 Å². The zero-order chi connectivity index (χ0) is 10.8. The average molecular weight is 198 g/mol. The number of hydrogen-bond acceptors (Lipinski definition) is 2. The molecule has 1 heterocycles. The summed E-state index contributed by atoms with van der Waals surface area (Å²) >= 11 is 0. The lowest BCUT2D eigenvalue weighted by Crippen LogP contribution is -2.37. The largest absolute Gasteiger partial charge is 0.368 e. The highest BCUT2D eigenvalue weighted by Gasteiger charge is 2.33. The van der Waals surface area contributed by atoms with Crippen LogP contribution in [0.5, 0.6) is 0 Å². The molecule has 0 aromatic heterocycles. The summed E-state index contributed by atoms with van der Waals surface area (Å²) in [6.45, 7) is 8.66. The Kier molecular flexibility index (Phi) is 3.73. The van der Waals surface area contributed by atoms with Crippen LogP contribution in [0.15, 0.2) is 12.2 Å². The standard InChI is InChI=1S/C12H22O2/c1-5-6-10-7-9(12(2,3)4)8-11(13)14-10/h5-6,9-11,13H,7-8H2,1-4H3/b6-5+/t9-,10+,11?/m0/s1. The topological polar surface area (TPSA) is 29.5 Å². The molecule has 0 radical (unpaired) electrons. The second kappa shape index (κ2) is 4.45. The summed E-state index contributed by atoms with van der Waals surface area (Å²) in [6, 6.07) is 0. The Balaban J connectivity index is 2.63. The molecular weight excluding hydrogens is 176 g/mol. The third-order valence-corrected chi connectivity index (χ3v) is 2.97. The molecule has 0 amide bonds. The van der Waals surface area contributed by atoms with Crippen LogP contribution < -0.4 is 0 Å². The number of allylic oxidation sites excluding steroid dienone is 1. The number of rotatable bonds is 1. The molecule has 0 spiro atoms. The highest BCUT2D eigenvalue weighted by atomic mass is 16.6. The quantitative estimate of drug-likeness (QED) is 0.656. The van der Waals surface area contributed by atoms with Crippen LogP contribution >= 0.6 is 0 Å². The normalized spacial score (nSPS) is 35.1. The van der Waals surface area contributed by atoms with E-state index in [2.05, 4.69) is 20.8 Å². The van der Waals surface area contributed by atoms with Gasteiger partial charge in [0.25, 0.3) is 0 Å². The van der Waals surface area contributed by atoms with E-state index in [4.69, 9.17) is 4.74 Å². The van der Waals surface area contributed by atoms with Gasteiger partial charge in [-0.3, -0.25) is 0 Å². The fourth-order valence-corrected chi connectivity index (χ4v) is 1.98. The maximum Gasteiger partial charge on any atom is 0.155 e. The number of hydrogen-bond donors (Lipinski definition) is 1. The lowest BCUT2D eigenvalue weighted by Gasteiger charge is -2.39. The van der Waals surface area contributed by atoms with Crippen molar-refractivity contribution in [1.29, 1.82) is 0 Å². The van der Waals surface area contributed by atoms with Crippen LogP contribution in [-0.2, 0) is 4.74 Å². The molecule has 1 aliphatic rings. The van der Waals surface area contributed by atoms with Gasteiger partial charge >= 0.3 is 0 Å². The van der Waals surface area contributed by atoms with E-state index in [0.717, 1.165) is 12.8 Å². The minimum Gasteiger partial charge on any atom is -0.368 e. The highest BCUT2D eigenvalue weighted by molar-refractivity contribution is 4.93. The second-order valence-electron chi connectivity index (χ2n) is 5.19. The Morgan fingerprint density at radius 1 is 1.29 bits per heavy atom. The summed E-state index contributed by atoms with van der Waals surface area (Å²) < 4.78 is 5.42. The van der Waals surface area contributed by atoms with E-state index in [-0.39, 0.29) is 11.5 Å². The van der Waals surface area contributed by atoms with Gasteiger partial charge < -0.3 is 9.84 Å². The first-order valence-electron chi connectivity index (χ1n) is 5.40. The molecule has 82 valence electrons.